The predicted octanol–water partition coefficient (Wildman–Crippen LogP) is 2.08. The van der Waals surface area contributed by atoms with Gasteiger partial charge in [-0.15, -0.1) is 12.4 Å². The summed E-state index contributed by atoms with van der Waals surface area (Å²) in [5.41, 5.74) is 5.84. The summed E-state index contributed by atoms with van der Waals surface area (Å²) in [6, 6.07) is -0.0911. The van der Waals surface area contributed by atoms with Crippen LogP contribution in [0.1, 0.15) is 58.8 Å². The number of carbonyl (C=O) groups is 2. The first-order chi connectivity index (χ1) is 10.4. The van der Waals surface area contributed by atoms with E-state index in [1.54, 1.807) is 0 Å². The Morgan fingerprint density at radius 3 is 2.52 bits per heavy atom. The first-order valence-corrected chi connectivity index (χ1v) is 8.72. The molecule has 23 heavy (non-hydrogen) atoms. The Kier molecular flexibility index (Phi) is 7.81. The molecule has 2 unspecified atom stereocenters. The highest BCUT2D eigenvalue weighted by Gasteiger charge is 2.35. The lowest BCUT2D eigenvalue weighted by molar-refractivity contribution is -0.131. The van der Waals surface area contributed by atoms with Crippen LogP contribution in [0.15, 0.2) is 0 Å². The lowest BCUT2D eigenvalue weighted by atomic mass is 9.88. The van der Waals surface area contributed by atoms with Crippen molar-refractivity contribution >= 4 is 24.2 Å². The number of halogens is 1. The van der Waals surface area contributed by atoms with Crippen LogP contribution in [0.4, 0.5) is 0 Å². The number of nitrogens with two attached hydrogens (primary N) is 1. The maximum atomic E-state index is 12.4. The number of nitrogens with zero attached hydrogens (tertiary/aromatic N) is 1. The third-order valence-electron chi connectivity index (χ3n) is 5.25. The van der Waals surface area contributed by atoms with E-state index in [2.05, 4.69) is 12.2 Å². The SMILES string of the molecule is CC(CC(=O)N1CCC(C)(CN)C1)NC(=O)C1CCCCC1.Cl. The topological polar surface area (TPSA) is 75.4 Å². The maximum Gasteiger partial charge on any atom is 0.224 e. The number of hydrogen-bond donors (Lipinski definition) is 2. The van der Waals surface area contributed by atoms with Gasteiger partial charge in [0.15, 0.2) is 0 Å². The molecule has 0 aromatic rings. The standard InChI is InChI=1S/C17H31N3O2.ClH/c1-13(19-16(22)14-6-4-3-5-7-14)10-15(21)20-9-8-17(2,11-18)12-20;/h13-14H,3-12,18H2,1-2H3,(H,19,22);1H. The van der Waals surface area contributed by atoms with Crippen molar-refractivity contribution in [1.82, 2.24) is 10.2 Å². The molecular formula is C17H32ClN3O2. The highest BCUT2D eigenvalue weighted by molar-refractivity contribution is 5.85. The Morgan fingerprint density at radius 2 is 1.96 bits per heavy atom. The fourth-order valence-electron chi connectivity index (χ4n) is 3.57. The van der Waals surface area contributed by atoms with E-state index in [9.17, 15) is 9.59 Å². The van der Waals surface area contributed by atoms with Gasteiger partial charge < -0.3 is 16.0 Å². The number of hydrogen-bond acceptors (Lipinski definition) is 3. The summed E-state index contributed by atoms with van der Waals surface area (Å²) in [6.07, 6.45) is 6.89. The third kappa shape index (κ3) is 5.64. The van der Waals surface area contributed by atoms with Gasteiger partial charge in [-0.25, -0.2) is 0 Å². The number of amides is 2. The molecule has 0 aromatic heterocycles. The van der Waals surface area contributed by atoms with Crippen molar-refractivity contribution in [2.45, 2.75) is 64.8 Å². The highest BCUT2D eigenvalue weighted by Crippen LogP contribution is 2.29. The summed E-state index contributed by atoms with van der Waals surface area (Å²) in [4.78, 5) is 26.5. The molecule has 1 aliphatic heterocycles. The second-order valence-corrected chi connectivity index (χ2v) is 7.53. The van der Waals surface area contributed by atoms with Crippen LogP contribution in [-0.2, 0) is 9.59 Å². The van der Waals surface area contributed by atoms with Gasteiger partial charge in [0.1, 0.15) is 0 Å². The lowest BCUT2D eigenvalue weighted by Crippen LogP contribution is -2.42. The van der Waals surface area contributed by atoms with Crippen molar-refractivity contribution in [3.63, 3.8) is 0 Å². The Labute approximate surface area is 146 Å². The minimum Gasteiger partial charge on any atom is -0.353 e. The number of rotatable bonds is 5. The van der Waals surface area contributed by atoms with Crippen molar-refractivity contribution < 1.29 is 9.59 Å². The normalized spacial score (nSPS) is 26.5. The predicted molar refractivity (Wildman–Crippen MR) is 94.4 cm³/mol. The quantitative estimate of drug-likeness (QED) is 0.801. The van der Waals surface area contributed by atoms with E-state index in [-0.39, 0.29) is 41.6 Å². The molecule has 5 nitrogen and oxygen atoms in total. The molecule has 2 fully saturated rings. The molecular weight excluding hydrogens is 314 g/mol. The second kappa shape index (κ2) is 8.88. The van der Waals surface area contributed by atoms with E-state index in [0.29, 0.717) is 13.0 Å². The van der Waals surface area contributed by atoms with Crippen molar-refractivity contribution in [2.24, 2.45) is 17.1 Å². The van der Waals surface area contributed by atoms with Crippen molar-refractivity contribution in [2.75, 3.05) is 19.6 Å². The summed E-state index contributed by atoms with van der Waals surface area (Å²) in [5.74, 6) is 0.417. The largest absolute Gasteiger partial charge is 0.353 e. The first kappa shape index (κ1) is 20.2. The van der Waals surface area contributed by atoms with Gasteiger partial charge in [-0.05, 0) is 38.1 Å². The molecule has 134 valence electrons. The van der Waals surface area contributed by atoms with Crippen LogP contribution in [0, 0.1) is 11.3 Å². The van der Waals surface area contributed by atoms with Crippen molar-refractivity contribution in [3.05, 3.63) is 0 Å². The molecule has 1 aliphatic carbocycles. The molecule has 0 radical (unpaired) electrons. The van der Waals surface area contributed by atoms with Crippen LogP contribution in [0.2, 0.25) is 0 Å². The van der Waals surface area contributed by atoms with E-state index in [4.69, 9.17) is 5.73 Å². The molecule has 0 aromatic carbocycles. The minimum absolute atomic E-state index is 0. The Bertz CT molecular complexity index is 413. The van der Waals surface area contributed by atoms with E-state index in [1.165, 1.54) is 6.42 Å². The zero-order chi connectivity index (χ0) is 16.2. The molecule has 2 amide bonds. The summed E-state index contributed by atoms with van der Waals surface area (Å²) in [7, 11) is 0. The van der Waals surface area contributed by atoms with Crippen LogP contribution in [0.3, 0.4) is 0 Å². The Hall–Kier alpha value is -0.810. The number of carbonyl (C=O) groups excluding carboxylic acids is 2. The molecule has 3 N–H and O–H groups in total. The molecule has 0 spiro atoms. The average Bonchev–Trinajstić information content (AvgIpc) is 2.91. The van der Waals surface area contributed by atoms with Gasteiger partial charge >= 0.3 is 0 Å². The summed E-state index contributed by atoms with van der Waals surface area (Å²) < 4.78 is 0. The number of nitrogens with one attached hydrogen (secondary N) is 1. The van der Waals surface area contributed by atoms with Gasteiger partial charge in [0.25, 0.3) is 0 Å². The molecule has 2 rings (SSSR count). The Morgan fingerprint density at radius 1 is 1.30 bits per heavy atom. The minimum atomic E-state index is -0.0911. The van der Waals surface area contributed by atoms with Crippen molar-refractivity contribution in [3.8, 4) is 0 Å². The van der Waals surface area contributed by atoms with Gasteiger partial charge in [-0.2, -0.15) is 0 Å². The van der Waals surface area contributed by atoms with Gasteiger partial charge in [-0.3, -0.25) is 9.59 Å². The fourth-order valence-corrected chi connectivity index (χ4v) is 3.57. The first-order valence-electron chi connectivity index (χ1n) is 8.72. The molecule has 1 heterocycles. The zero-order valence-corrected chi connectivity index (χ0v) is 15.3. The average molecular weight is 346 g/mol. The van der Waals surface area contributed by atoms with Gasteiger partial charge in [0.05, 0.1) is 0 Å². The molecule has 1 saturated heterocycles. The van der Waals surface area contributed by atoms with Crippen molar-refractivity contribution in [1.29, 1.82) is 0 Å². The summed E-state index contributed by atoms with van der Waals surface area (Å²) in [5, 5.41) is 3.03. The van der Waals surface area contributed by atoms with Crippen LogP contribution < -0.4 is 11.1 Å². The third-order valence-corrected chi connectivity index (χ3v) is 5.25. The van der Waals surface area contributed by atoms with Crippen LogP contribution >= 0.6 is 12.4 Å². The van der Waals surface area contributed by atoms with Gasteiger partial charge in [-0.1, -0.05) is 26.2 Å². The van der Waals surface area contributed by atoms with Gasteiger partial charge in [0, 0.05) is 31.5 Å². The second-order valence-electron chi connectivity index (χ2n) is 7.53. The molecule has 2 atom stereocenters. The molecule has 6 heteroatoms. The summed E-state index contributed by atoms with van der Waals surface area (Å²) >= 11 is 0. The highest BCUT2D eigenvalue weighted by atomic mass is 35.5. The van der Waals surface area contributed by atoms with E-state index >= 15 is 0 Å². The Balaban J connectivity index is 0.00000264. The molecule has 0 bridgehead atoms. The van der Waals surface area contributed by atoms with Gasteiger partial charge in [0.2, 0.25) is 11.8 Å². The fraction of sp³-hybridized carbons (Fsp3) is 0.882. The van der Waals surface area contributed by atoms with Crippen LogP contribution in [0.25, 0.3) is 0 Å². The molecule has 2 aliphatic rings. The molecule has 1 saturated carbocycles. The summed E-state index contributed by atoms with van der Waals surface area (Å²) in [6.45, 7) is 6.21. The smallest absolute Gasteiger partial charge is 0.224 e. The van der Waals surface area contributed by atoms with Crippen LogP contribution in [-0.4, -0.2) is 42.4 Å². The maximum absolute atomic E-state index is 12.4. The van der Waals surface area contributed by atoms with E-state index in [1.807, 2.05) is 11.8 Å². The van der Waals surface area contributed by atoms with E-state index < -0.39 is 0 Å². The van der Waals surface area contributed by atoms with Crippen LogP contribution in [0.5, 0.6) is 0 Å². The lowest BCUT2D eigenvalue weighted by Gasteiger charge is -2.25. The van der Waals surface area contributed by atoms with E-state index in [0.717, 1.165) is 45.2 Å². The zero-order valence-electron chi connectivity index (χ0n) is 14.5. The number of likely N-dealkylation sites (tertiary alicyclic amines) is 1. The monoisotopic (exact) mass is 345 g/mol.